The molecule has 0 unspecified atom stereocenters. The van der Waals surface area contributed by atoms with Crippen LogP contribution in [-0.2, 0) is 0 Å². The Bertz CT molecular complexity index is 830. The van der Waals surface area contributed by atoms with E-state index < -0.39 is 11.6 Å². The van der Waals surface area contributed by atoms with Gasteiger partial charge in [-0.15, -0.1) is 0 Å². The molecule has 27 heavy (non-hydrogen) atoms. The Morgan fingerprint density at radius 3 is 2.59 bits per heavy atom. The fourth-order valence-electron chi connectivity index (χ4n) is 4.16. The quantitative estimate of drug-likeness (QED) is 0.815. The number of carbonyl (C=O) groups excluding carboxylic acids is 1. The molecular weight excluding hydrogens is 354 g/mol. The predicted octanol–water partition coefficient (Wildman–Crippen LogP) is 3.04. The standard InChI is InChI=1S/C20H20F2N2O3/c21-16-2-1-3-19(20(16)22)27-15-6-12-9-24(10-13(12)7-15)11-18(26)17-5-4-14(25)8-23-17/h1-5,8,12-13,15,25H,6-7,9-11H2/t12-,13+,15+. The number of ether oxygens (including phenoxy) is 1. The van der Waals surface area contributed by atoms with Crippen molar-refractivity contribution in [1.29, 1.82) is 0 Å². The maximum absolute atomic E-state index is 13.8. The van der Waals surface area contributed by atoms with Crippen LogP contribution >= 0.6 is 0 Å². The number of hydrogen-bond donors (Lipinski definition) is 1. The van der Waals surface area contributed by atoms with Crippen LogP contribution in [0.15, 0.2) is 36.5 Å². The van der Waals surface area contributed by atoms with Crippen LogP contribution < -0.4 is 4.74 Å². The van der Waals surface area contributed by atoms with Crippen molar-refractivity contribution in [2.24, 2.45) is 11.8 Å². The van der Waals surface area contributed by atoms with Crippen molar-refractivity contribution >= 4 is 5.78 Å². The molecule has 0 amide bonds. The molecule has 3 atom stereocenters. The summed E-state index contributed by atoms with van der Waals surface area (Å²) in [6.07, 6.45) is 2.67. The summed E-state index contributed by atoms with van der Waals surface area (Å²) in [4.78, 5) is 18.4. The van der Waals surface area contributed by atoms with E-state index in [-0.39, 0.29) is 29.9 Å². The van der Waals surface area contributed by atoms with Crippen LogP contribution in [0.5, 0.6) is 11.5 Å². The highest BCUT2D eigenvalue weighted by Gasteiger charge is 2.42. The Morgan fingerprint density at radius 2 is 1.93 bits per heavy atom. The molecule has 5 nitrogen and oxygen atoms in total. The molecule has 1 saturated carbocycles. The number of benzene rings is 1. The molecule has 1 aliphatic carbocycles. The molecule has 7 heteroatoms. The van der Waals surface area contributed by atoms with Crippen molar-refractivity contribution in [3.8, 4) is 11.5 Å². The summed E-state index contributed by atoms with van der Waals surface area (Å²) >= 11 is 0. The van der Waals surface area contributed by atoms with E-state index in [1.165, 1.54) is 30.5 Å². The highest BCUT2D eigenvalue weighted by atomic mass is 19.2. The first kappa shape index (κ1) is 17.9. The number of aromatic hydroxyl groups is 1. The highest BCUT2D eigenvalue weighted by molar-refractivity contribution is 5.95. The van der Waals surface area contributed by atoms with E-state index in [4.69, 9.17) is 4.74 Å². The normalized spacial score (nSPS) is 24.7. The lowest BCUT2D eigenvalue weighted by molar-refractivity contribution is 0.0931. The lowest BCUT2D eigenvalue weighted by Crippen LogP contribution is -2.30. The number of carbonyl (C=O) groups is 1. The summed E-state index contributed by atoms with van der Waals surface area (Å²) in [7, 11) is 0. The van der Waals surface area contributed by atoms with Gasteiger partial charge in [-0.05, 0) is 48.9 Å². The van der Waals surface area contributed by atoms with E-state index in [0.717, 1.165) is 32.0 Å². The number of nitrogens with zero attached hydrogens (tertiary/aromatic N) is 2. The molecule has 0 radical (unpaired) electrons. The van der Waals surface area contributed by atoms with E-state index in [9.17, 15) is 18.7 Å². The summed E-state index contributed by atoms with van der Waals surface area (Å²) in [5.41, 5.74) is 0.340. The number of likely N-dealkylation sites (tertiary alicyclic amines) is 1. The van der Waals surface area contributed by atoms with Gasteiger partial charge in [0.15, 0.2) is 17.3 Å². The van der Waals surface area contributed by atoms with Crippen molar-refractivity contribution in [3.05, 3.63) is 53.9 Å². The first-order chi connectivity index (χ1) is 13.0. The second-order valence-electron chi connectivity index (χ2n) is 7.30. The van der Waals surface area contributed by atoms with Crippen LogP contribution in [0.4, 0.5) is 8.78 Å². The van der Waals surface area contributed by atoms with Crippen LogP contribution in [0.2, 0.25) is 0 Å². The van der Waals surface area contributed by atoms with Gasteiger partial charge in [-0.3, -0.25) is 9.69 Å². The van der Waals surface area contributed by atoms with Gasteiger partial charge < -0.3 is 9.84 Å². The van der Waals surface area contributed by atoms with Gasteiger partial charge in [-0.2, -0.15) is 4.39 Å². The number of hydrogen-bond acceptors (Lipinski definition) is 5. The first-order valence-electron chi connectivity index (χ1n) is 9.01. The van der Waals surface area contributed by atoms with E-state index in [1.807, 2.05) is 0 Å². The van der Waals surface area contributed by atoms with Gasteiger partial charge in [-0.25, -0.2) is 9.37 Å². The zero-order chi connectivity index (χ0) is 19.0. The number of Topliss-reactive ketones (excluding diaryl/α,β-unsaturated/α-hetero) is 1. The Hall–Kier alpha value is -2.54. The molecule has 142 valence electrons. The third kappa shape index (κ3) is 3.78. The van der Waals surface area contributed by atoms with Gasteiger partial charge in [-0.1, -0.05) is 6.07 Å². The Balaban J connectivity index is 1.31. The third-order valence-electron chi connectivity index (χ3n) is 5.39. The molecule has 1 aliphatic heterocycles. The molecule has 2 heterocycles. The van der Waals surface area contributed by atoms with Crippen LogP contribution in [0.1, 0.15) is 23.3 Å². The minimum Gasteiger partial charge on any atom is -0.506 e. The Kier molecular flexibility index (Phi) is 4.78. The maximum Gasteiger partial charge on any atom is 0.200 e. The zero-order valence-corrected chi connectivity index (χ0v) is 14.6. The largest absolute Gasteiger partial charge is 0.506 e. The van der Waals surface area contributed by atoms with Gasteiger partial charge in [0, 0.05) is 13.1 Å². The molecule has 2 fully saturated rings. The number of fused-ring (bicyclic) bond motifs is 1. The highest BCUT2D eigenvalue weighted by Crippen LogP contribution is 2.40. The van der Waals surface area contributed by atoms with E-state index in [0.29, 0.717) is 17.5 Å². The van der Waals surface area contributed by atoms with Crippen LogP contribution in [0.25, 0.3) is 0 Å². The summed E-state index contributed by atoms with van der Waals surface area (Å²) in [5, 5.41) is 9.25. The van der Waals surface area contributed by atoms with Crippen molar-refractivity contribution in [2.75, 3.05) is 19.6 Å². The minimum absolute atomic E-state index is 0.0306. The van der Waals surface area contributed by atoms with Crippen molar-refractivity contribution in [1.82, 2.24) is 9.88 Å². The lowest BCUT2D eigenvalue weighted by atomic mass is 10.0. The minimum atomic E-state index is -0.941. The number of halogens is 2. The number of rotatable bonds is 5. The van der Waals surface area contributed by atoms with E-state index in [1.54, 1.807) is 0 Å². The summed E-state index contributed by atoms with van der Waals surface area (Å²) in [6, 6.07) is 6.93. The Morgan fingerprint density at radius 1 is 1.19 bits per heavy atom. The predicted molar refractivity (Wildman–Crippen MR) is 93.7 cm³/mol. The molecule has 2 aliphatic rings. The number of aromatic nitrogens is 1. The smallest absolute Gasteiger partial charge is 0.200 e. The van der Waals surface area contributed by atoms with E-state index >= 15 is 0 Å². The first-order valence-corrected chi connectivity index (χ1v) is 9.01. The van der Waals surface area contributed by atoms with Gasteiger partial charge in [0.2, 0.25) is 5.82 Å². The Labute approximate surface area is 155 Å². The SMILES string of the molecule is O=C(CN1C[C@H]2C[C@H](Oc3cccc(F)c3F)C[C@H]2C1)c1ccc(O)cn1. The molecule has 0 spiro atoms. The van der Waals surface area contributed by atoms with Gasteiger partial charge in [0.1, 0.15) is 11.4 Å². The van der Waals surface area contributed by atoms with Crippen LogP contribution in [0, 0.1) is 23.5 Å². The monoisotopic (exact) mass is 374 g/mol. The number of ketones is 1. The van der Waals surface area contributed by atoms with Crippen molar-refractivity contribution in [2.45, 2.75) is 18.9 Å². The molecule has 1 aromatic carbocycles. The summed E-state index contributed by atoms with van der Waals surface area (Å²) in [5.74, 6) is -1.17. The molecule has 2 aromatic rings. The summed E-state index contributed by atoms with van der Waals surface area (Å²) in [6.45, 7) is 1.84. The molecular formula is C20H20F2N2O3. The molecule has 4 rings (SSSR count). The number of pyridine rings is 1. The van der Waals surface area contributed by atoms with Crippen LogP contribution in [0.3, 0.4) is 0 Å². The second kappa shape index (κ2) is 7.23. The molecule has 0 bridgehead atoms. The molecule has 1 aromatic heterocycles. The second-order valence-corrected chi connectivity index (χ2v) is 7.30. The third-order valence-corrected chi connectivity index (χ3v) is 5.39. The summed E-state index contributed by atoms with van der Waals surface area (Å²) < 4.78 is 32.8. The average molecular weight is 374 g/mol. The molecule has 1 N–H and O–H groups in total. The van der Waals surface area contributed by atoms with Crippen molar-refractivity contribution < 1.29 is 23.4 Å². The van der Waals surface area contributed by atoms with Crippen molar-refractivity contribution in [3.63, 3.8) is 0 Å². The van der Waals surface area contributed by atoms with Gasteiger partial charge in [0.05, 0.1) is 18.8 Å². The van der Waals surface area contributed by atoms with Gasteiger partial charge >= 0.3 is 0 Å². The van der Waals surface area contributed by atoms with Gasteiger partial charge in [0.25, 0.3) is 0 Å². The maximum atomic E-state index is 13.8. The van der Waals surface area contributed by atoms with Crippen LogP contribution in [-0.4, -0.2) is 46.5 Å². The fraction of sp³-hybridized carbons (Fsp3) is 0.400. The molecule has 1 saturated heterocycles. The van der Waals surface area contributed by atoms with E-state index in [2.05, 4.69) is 9.88 Å². The average Bonchev–Trinajstić information content (AvgIpc) is 3.17. The zero-order valence-electron chi connectivity index (χ0n) is 14.6. The fourth-order valence-corrected chi connectivity index (χ4v) is 4.16. The topological polar surface area (TPSA) is 62.7 Å². The lowest BCUT2D eigenvalue weighted by Gasteiger charge is -2.19.